The Labute approximate surface area is 250 Å². The van der Waals surface area contributed by atoms with Gasteiger partial charge in [-0.05, 0) is 95.7 Å². The lowest BCUT2D eigenvalue weighted by molar-refractivity contribution is -0.130. The molecule has 226 valence electrons. The first kappa shape index (κ1) is 32.5. The number of amides is 3. The van der Waals surface area contributed by atoms with Crippen LogP contribution >= 0.6 is 0 Å². The Morgan fingerprint density at radius 3 is 2.40 bits per heavy atom. The van der Waals surface area contributed by atoms with Crippen LogP contribution in [0.15, 0.2) is 36.4 Å². The summed E-state index contributed by atoms with van der Waals surface area (Å²) in [5, 5.41) is 12.4. The summed E-state index contributed by atoms with van der Waals surface area (Å²) in [4.78, 5) is 44.5. The van der Waals surface area contributed by atoms with Crippen molar-refractivity contribution < 1.29 is 19.1 Å². The molecule has 1 N–H and O–H groups in total. The Balaban J connectivity index is 1.71. The Hall–Kier alpha value is -4.06. The number of likely N-dealkylation sites (N-methyl/N-ethyl adjacent to an activating group) is 1. The summed E-state index contributed by atoms with van der Waals surface area (Å²) in [5.41, 5.74) is 5.16. The van der Waals surface area contributed by atoms with Gasteiger partial charge >= 0.3 is 6.09 Å². The molecule has 0 saturated heterocycles. The molecule has 42 heavy (non-hydrogen) atoms. The molecule has 0 heterocycles. The van der Waals surface area contributed by atoms with Gasteiger partial charge in [-0.3, -0.25) is 9.59 Å². The number of nitrogens with one attached hydrogen (secondary N) is 1. The molecule has 1 aliphatic carbocycles. The van der Waals surface area contributed by atoms with Crippen molar-refractivity contribution in [3.8, 4) is 6.07 Å². The Bertz CT molecular complexity index is 1340. The van der Waals surface area contributed by atoms with Crippen LogP contribution in [0.5, 0.6) is 0 Å². The van der Waals surface area contributed by atoms with Crippen molar-refractivity contribution in [2.75, 3.05) is 38.1 Å². The zero-order valence-electron chi connectivity index (χ0n) is 26.3. The number of aryl methyl sites for hydroxylation is 2. The van der Waals surface area contributed by atoms with Gasteiger partial charge in [-0.2, -0.15) is 5.26 Å². The van der Waals surface area contributed by atoms with Crippen LogP contribution < -0.4 is 10.2 Å². The van der Waals surface area contributed by atoms with E-state index < -0.39 is 11.7 Å². The molecular weight excluding hydrogens is 530 g/mol. The number of nitrogens with zero attached hydrogens (tertiary/aromatic N) is 4. The molecule has 0 aliphatic heterocycles. The molecule has 2 aromatic carbocycles. The largest absolute Gasteiger partial charge is 0.444 e. The lowest BCUT2D eigenvalue weighted by Crippen LogP contribution is -2.48. The molecule has 0 saturated carbocycles. The van der Waals surface area contributed by atoms with E-state index in [1.165, 1.54) is 16.7 Å². The third kappa shape index (κ3) is 8.48. The van der Waals surface area contributed by atoms with Crippen LogP contribution in [0, 0.1) is 25.2 Å². The van der Waals surface area contributed by atoms with E-state index in [9.17, 15) is 19.6 Å². The summed E-state index contributed by atoms with van der Waals surface area (Å²) >= 11 is 0. The lowest BCUT2D eigenvalue weighted by atomic mass is 10.1. The van der Waals surface area contributed by atoms with E-state index in [0.29, 0.717) is 11.3 Å². The van der Waals surface area contributed by atoms with Gasteiger partial charge in [0.2, 0.25) is 11.8 Å². The number of rotatable bonds is 10. The van der Waals surface area contributed by atoms with Crippen LogP contribution in [0.1, 0.15) is 62.4 Å². The molecule has 3 amide bonds. The number of hydrogen-bond donors (Lipinski definition) is 1. The molecule has 9 heteroatoms. The number of benzene rings is 2. The van der Waals surface area contributed by atoms with E-state index >= 15 is 0 Å². The van der Waals surface area contributed by atoms with Gasteiger partial charge in [0.25, 0.3) is 0 Å². The molecule has 0 fully saturated rings. The molecule has 1 unspecified atom stereocenters. The fourth-order valence-corrected chi connectivity index (χ4v) is 5.23. The third-order valence-corrected chi connectivity index (χ3v) is 7.61. The highest BCUT2D eigenvalue weighted by Gasteiger charge is 2.30. The maximum Gasteiger partial charge on any atom is 0.410 e. The smallest absolute Gasteiger partial charge is 0.410 e. The summed E-state index contributed by atoms with van der Waals surface area (Å²) in [6.07, 6.45) is 1.17. The van der Waals surface area contributed by atoms with Gasteiger partial charge in [-0.1, -0.05) is 24.3 Å². The van der Waals surface area contributed by atoms with E-state index in [1.54, 1.807) is 26.8 Å². The van der Waals surface area contributed by atoms with Crippen molar-refractivity contribution in [2.45, 2.75) is 79.0 Å². The van der Waals surface area contributed by atoms with Crippen LogP contribution in [0.3, 0.4) is 0 Å². The second-order valence-corrected chi connectivity index (χ2v) is 12.4. The highest BCUT2D eigenvalue weighted by atomic mass is 16.6. The topological polar surface area (TPSA) is 106 Å². The predicted molar refractivity (Wildman–Crippen MR) is 164 cm³/mol. The van der Waals surface area contributed by atoms with Crippen molar-refractivity contribution >= 4 is 23.6 Å². The van der Waals surface area contributed by atoms with Crippen molar-refractivity contribution in [1.82, 2.24) is 15.1 Å². The van der Waals surface area contributed by atoms with Crippen molar-refractivity contribution in [3.05, 3.63) is 64.2 Å². The summed E-state index contributed by atoms with van der Waals surface area (Å²) in [7, 11) is 1.82. The molecule has 9 nitrogen and oxygen atoms in total. The summed E-state index contributed by atoms with van der Waals surface area (Å²) in [6, 6.07) is 13.6. The van der Waals surface area contributed by atoms with Gasteiger partial charge in [0.1, 0.15) is 5.60 Å². The molecule has 3 rings (SSSR count). The molecule has 1 aliphatic rings. The van der Waals surface area contributed by atoms with Crippen LogP contribution in [0.4, 0.5) is 10.5 Å². The molecular formula is C33H45N5O4. The van der Waals surface area contributed by atoms with Gasteiger partial charge in [0, 0.05) is 37.9 Å². The maximum atomic E-state index is 13.6. The van der Waals surface area contributed by atoms with Crippen LogP contribution in [-0.4, -0.2) is 78.6 Å². The molecule has 0 aromatic heterocycles. The Morgan fingerprint density at radius 2 is 1.79 bits per heavy atom. The number of anilines is 1. The average molecular weight is 576 g/mol. The van der Waals surface area contributed by atoms with Crippen molar-refractivity contribution in [3.63, 3.8) is 0 Å². The highest BCUT2D eigenvalue weighted by molar-refractivity contribution is 5.87. The molecule has 0 spiro atoms. The van der Waals surface area contributed by atoms with E-state index in [0.717, 1.165) is 18.4 Å². The van der Waals surface area contributed by atoms with Crippen molar-refractivity contribution in [2.24, 2.45) is 0 Å². The second kappa shape index (κ2) is 13.7. The second-order valence-electron chi connectivity index (χ2n) is 12.4. The Kier molecular flexibility index (Phi) is 10.6. The summed E-state index contributed by atoms with van der Waals surface area (Å²) in [5.74, 6) is -0.389. The first-order chi connectivity index (χ1) is 19.7. The minimum atomic E-state index is -0.621. The first-order valence-corrected chi connectivity index (χ1v) is 14.5. The molecule has 1 atom stereocenters. The third-order valence-electron chi connectivity index (χ3n) is 7.61. The van der Waals surface area contributed by atoms with Gasteiger partial charge in [0.05, 0.1) is 24.7 Å². The van der Waals surface area contributed by atoms with E-state index in [1.807, 2.05) is 54.7 Å². The minimum Gasteiger partial charge on any atom is -0.444 e. The van der Waals surface area contributed by atoms with Gasteiger partial charge in [-0.25, -0.2) is 4.79 Å². The number of ether oxygens (including phenoxy) is 1. The Morgan fingerprint density at radius 1 is 1.07 bits per heavy atom. The highest BCUT2D eigenvalue weighted by Crippen LogP contribution is 2.28. The quantitative estimate of drug-likeness (QED) is 0.451. The van der Waals surface area contributed by atoms with Crippen LogP contribution in [0.2, 0.25) is 0 Å². The van der Waals surface area contributed by atoms with Crippen LogP contribution in [0.25, 0.3) is 0 Å². The monoisotopic (exact) mass is 575 g/mol. The number of nitriles is 1. The number of hydrogen-bond acceptors (Lipinski definition) is 6. The lowest BCUT2D eigenvalue weighted by Gasteiger charge is -2.31. The fourth-order valence-electron chi connectivity index (χ4n) is 5.23. The summed E-state index contributed by atoms with van der Waals surface area (Å²) in [6.45, 7) is 13.6. The van der Waals surface area contributed by atoms with Gasteiger partial charge in [-0.15, -0.1) is 0 Å². The zero-order valence-corrected chi connectivity index (χ0v) is 26.3. The van der Waals surface area contributed by atoms with E-state index in [4.69, 9.17) is 4.74 Å². The zero-order chi connectivity index (χ0) is 31.2. The number of carbonyl (C=O) groups excluding carboxylic acids is 3. The van der Waals surface area contributed by atoms with Crippen molar-refractivity contribution in [1.29, 1.82) is 5.26 Å². The molecule has 2 aromatic rings. The normalized spacial score (nSPS) is 14.1. The average Bonchev–Trinajstić information content (AvgIpc) is 3.35. The standard InChI is InChI=1S/C33H45N5O4/c1-22(2)38(32(41)42-33(5,6)7)15-14-35-30(39)20-37(29-16-25(19-34)13-12-24(29)4)21-31(40)36(8)27-17-26-11-9-10-23(3)28(26)18-27/h9-13,16,22,27H,14-15,17-18,20-21H2,1-8H3,(H,35,39). The summed E-state index contributed by atoms with van der Waals surface area (Å²) < 4.78 is 5.51. The minimum absolute atomic E-state index is 0.0124. The number of fused-ring (bicyclic) bond motifs is 1. The SMILES string of the molecule is Cc1ccc(C#N)cc1N(CC(=O)NCCN(C(=O)OC(C)(C)C)C(C)C)CC(=O)N(C)C1Cc2cccc(C)c2C1. The number of carbonyl (C=O) groups is 3. The van der Waals surface area contributed by atoms with Gasteiger partial charge < -0.3 is 24.8 Å². The van der Waals surface area contributed by atoms with E-state index in [2.05, 4.69) is 36.5 Å². The first-order valence-electron chi connectivity index (χ1n) is 14.5. The van der Waals surface area contributed by atoms with Gasteiger partial charge in [0.15, 0.2) is 0 Å². The van der Waals surface area contributed by atoms with Crippen LogP contribution in [-0.2, 0) is 27.2 Å². The maximum absolute atomic E-state index is 13.6. The predicted octanol–water partition coefficient (Wildman–Crippen LogP) is 4.37. The molecule has 0 bridgehead atoms. The fraction of sp³-hybridized carbons (Fsp3) is 0.515. The molecule has 0 radical (unpaired) electrons. The van der Waals surface area contributed by atoms with E-state index in [-0.39, 0.29) is 50.1 Å².